The molecule has 1 saturated carbocycles. The van der Waals surface area contributed by atoms with Crippen LogP contribution in [0, 0.1) is 11.8 Å². The minimum atomic E-state index is -0.389. The minimum absolute atomic E-state index is 0.0321. The zero-order valence-electron chi connectivity index (χ0n) is 17.3. The average Bonchev–Trinajstić information content (AvgIpc) is 3.31. The summed E-state index contributed by atoms with van der Waals surface area (Å²) in [5.41, 5.74) is 2.12. The van der Waals surface area contributed by atoms with Crippen molar-refractivity contribution < 1.29 is 9.90 Å². The van der Waals surface area contributed by atoms with Crippen LogP contribution >= 0.6 is 11.3 Å². The molecule has 1 heterocycles. The van der Waals surface area contributed by atoms with Crippen LogP contribution in [0.5, 0.6) is 0 Å². The molecular formula is C25H34O2S. The van der Waals surface area contributed by atoms with Crippen molar-refractivity contribution in [1.29, 1.82) is 0 Å². The zero-order chi connectivity index (χ0) is 19.9. The Bertz CT molecular complexity index is 720. The first kappa shape index (κ1) is 21.3. The second kappa shape index (κ2) is 10.4. The molecule has 4 atom stereocenters. The van der Waals surface area contributed by atoms with E-state index in [1.54, 1.807) is 0 Å². The quantitative estimate of drug-likeness (QED) is 0.452. The Morgan fingerprint density at radius 2 is 1.93 bits per heavy atom. The summed E-state index contributed by atoms with van der Waals surface area (Å²) in [5, 5.41) is 12.5. The Hall–Kier alpha value is -1.45. The van der Waals surface area contributed by atoms with Gasteiger partial charge in [-0.2, -0.15) is 0 Å². The van der Waals surface area contributed by atoms with E-state index < -0.39 is 0 Å². The predicted molar refractivity (Wildman–Crippen MR) is 118 cm³/mol. The lowest BCUT2D eigenvalue weighted by Gasteiger charge is -2.19. The fraction of sp³-hybridized carbons (Fsp3) is 0.560. The fourth-order valence-electron chi connectivity index (χ4n) is 4.64. The maximum absolute atomic E-state index is 12.9. The summed E-state index contributed by atoms with van der Waals surface area (Å²) in [6.07, 6.45) is 8.21. The maximum Gasteiger partial charge on any atom is 0.143 e. The second-order valence-corrected chi connectivity index (χ2v) is 9.46. The highest BCUT2D eigenvalue weighted by atomic mass is 32.1. The van der Waals surface area contributed by atoms with Gasteiger partial charge < -0.3 is 5.11 Å². The maximum atomic E-state index is 12.9. The van der Waals surface area contributed by atoms with E-state index >= 15 is 0 Å². The molecule has 0 spiro atoms. The molecule has 1 N–H and O–H groups in total. The van der Waals surface area contributed by atoms with E-state index in [0.717, 1.165) is 56.1 Å². The van der Waals surface area contributed by atoms with Crippen molar-refractivity contribution in [1.82, 2.24) is 0 Å². The molecule has 1 aromatic carbocycles. The molecule has 4 unspecified atom stereocenters. The number of carbonyl (C=O) groups excluding carboxylic acids is 1. The van der Waals surface area contributed by atoms with E-state index in [2.05, 4.69) is 43.5 Å². The first-order valence-corrected chi connectivity index (χ1v) is 11.8. The van der Waals surface area contributed by atoms with Gasteiger partial charge in [-0.15, -0.1) is 11.3 Å². The summed E-state index contributed by atoms with van der Waals surface area (Å²) in [5.74, 6) is 1.04. The monoisotopic (exact) mass is 398 g/mol. The smallest absolute Gasteiger partial charge is 0.143 e. The third-order valence-corrected chi connectivity index (χ3v) is 7.20. The largest absolute Gasteiger partial charge is 0.388 e. The van der Waals surface area contributed by atoms with Crippen LogP contribution in [-0.2, 0) is 11.2 Å². The molecule has 152 valence electrons. The molecule has 0 saturated heterocycles. The topological polar surface area (TPSA) is 37.3 Å². The van der Waals surface area contributed by atoms with Crippen molar-refractivity contribution in [3.05, 3.63) is 57.8 Å². The van der Waals surface area contributed by atoms with Gasteiger partial charge in [-0.1, -0.05) is 63.4 Å². The van der Waals surface area contributed by atoms with Crippen LogP contribution < -0.4 is 0 Å². The van der Waals surface area contributed by atoms with Crippen molar-refractivity contribution in [2.75, 3.05) is 0 Å². The van der Waals surface area contributed by atoms with Crippen molar-refractivity contribution in [3.8, 4) is 0 Å². The van der Waals surface area contributed by atoms with E-state index in [9.17, 15) is 9.90 Å². The molecule has 0 radical (unpaired) electrons. The van der Waals surface area contributed by atoms with E-state index in [0.29, 0.717) is 11.7 Å². The van der Waals surface area contributed by atoms with E-state index in [-0.39, 0.29) is 17.9 Å². The van der Waals surface area contributed by atoms with Crippen LogP contribution in [0.2, 0.25) is 0 Å². The number of benzene rings is 1. The van der Waals surface area contributed by atoms with Crippen molar-refractivity contribution >= 4 is 17.1 Å². The number of thiophene rings is 1. The molecule has 28 heavy (non-hydrogen) atoms. The third kappa shape index (κ3) is 5.33. The van der Waals surface area contributed by atoms with Gasteiger partial charge in [0.05, 0.1) is 6.10 Å². The van der Waals surface area contributed by atoms with E-state index in [1.807, 2.05) is 23.5 Å². The standard InChI is InChI=1S/C25H34O2S/c1-3-4-5-11-23(26)19-12-14-20(15-13-19)24-21(17-18(2)25(24)27)8-6-9-22-10-7-16-28-22/h7,10,12-16,18,21,23-24,26H,3-6,8-9,11,17H2,1-2H3. The molecular weight excluding hydrogens is 364 g/mol. The Morgan fingerprint density at radius 3 is 2.61 bits per heavy atom. The summed E-state index contributed by atoms with van der Waals surface area (Å²) in [7, 11) is 0. The number of aliphatic hydroxyl groups excluding tert-OH is 1. The highest BCUT2D eigenvalue weighted by Gasteiger charge is 2.40. The fourth-order valence-corrected chi connectivity index (χ4v) is 5.39. The zero-order valence-corrected chi connectivity index (χ0v) is 18.1. The average molecular weight is 399 g/mol. The number of Topliss-reactive ketones (excluding diaryl/α,β-unsaturated/α-hetero) is 1. The number of hydrogen-bond donors (Lipinski definition) is 1. The number of aryl methyl sites for hydroxylation is 1. The third-order valence-electron chi connectivity index (χ3n) is 6.26. The van der Waals surface area contributed by atoms with Gasteiger partial charge >= 0.3 is 0 Å². The summed E-state index contributed by atoms with van der Waals surface area (Å²) in [4.78, 5) is 14.3. The molecule has 0 bridgehead atoms. The molecule has 3 heteroatoms. The van der Waals surface area contributed by atoms with Gasteiger partial charge in [0.15, 0.2) is 0 Å². The van der Waals surface area contributed by atoms with Crippen LogP contribution in [-0.4, -0.2) is 10.9 Å². The van der Waals surface area contributed by atoms with Crippen LogP contribution in [0.25, 0.3) is 0 Å². The highest BCUT2D eigenvalue weighted by Crippen LogP contribution is 2.43. The lowest BCUT2D eigenvalue weighted by Crippen LogP contribution is -2.15. The number of rotatable bonds is 10. The normalized spacial score (nSPS) is 23.2. The van der Waals surface area contributed by atoms with Gasteiger partial charge in [-0.25, -0.2) is 0 Å². The van der Waals surface area contributed by atoms with Crippen LogP contribution in [0.3, 0.4) is 0 Å². The van der Waals surface area contributed by atoms with Gasteiger partial charge in [0.1, 0.15) is 5.78 Å². The van der Waals surface area contributed by atoms with Gasteiger partial charge in [0.25, 0.3) is 0 Å². The van der Waals surface area contributed by atoms with Crippen molar-refractivity contribution in [2.24, 2.45) is 11.8 Å². The van der Waals surface area contributed by atoms with Gasteiger partial charge in [-0.05, 0) is 60.6 Å². The summed E-state index contributed by atoms with van der Waals surface area (Å²) < 4.78 is 0. The lowest BCUT2D eigenvalue weighted by atomic mass is 9.84. The number of aliphatic hydroxyl groups is 1. The Morgan fingerprint density at radius 1 is 1.14 bits per heavy atom. The lowest BCUT2D eigenvalue weighted by molar-refractivity contribution is -0.121. The number of carbonyl (C=O) groups is 1. The molecule has 3 rings (SSSR count). The van der Waals surface area contributed by atoms with Crippen molar-refractivity contribution in [3.63, 3.8) is 0 Å². The molecule has 1 aliphatic rings. The second-order valence-electron chi connectivity index (χ2n) is 8.43. The van der Waals surface area contributed by atoms with Crippen molar-refractivity contribution in [2.45, 2.75) is 77.2 Å². The number of hydrogen-bond acceptors (Lipinski definition) is 3. The molecule has 2 aromatic rings. The minimum Gasteiger partial charge on any atom is -0.388 e. The molecule has 1 fully saturated rings. The van der Waals surface area contributed by atoms with Crippen LogP contribution in [0.1, 0.15) is 86.8 Å². The molecule has 1 aliphatic carbocycles. The first-order valence-electron chi connectivity index (χ1n) is 10.9. The number of ketones is 1. The predicted octanol–water partition coefficient (Wildman–Crippen LogP) is 6.69. The Kier molecular flexibility index (Phi) is 7.87. The molecule has 0 amide bonds. The first-order chi connectivity index (χ1) is 13.6. The molecule has 2 nitrogen and oxygen atoms in total. The van der Waals surface area contributed by atoms with Gasteiger partial charge in [0, 0.05) is 16.7 Å². The Labute approximate surface area is 174 Å². The summed E-state index contributed by atoms with van der Waals surface area (Å²) in [6.45, 7) is 4.26. The highest BCUT2D eigenvalue weighted by molar-refractivity contribution is 7.09. The number of unbranched alkanes of at least 4 members (excludes halogenated alkanes) is 2. The Balaban J connectivity index is 1.62. The molecule has 0 aliphatic heterocycles. The van der Waals surface area contributed by atoms with Crippen LogP contribution in [0.15, 0.2) is 41.8 Å². The SMILES string of the molecule is CCCCCC(O)c1ccc(C2C(=O)C(C)CC2CCCc2cccs2)cc1. The van der Waals surface area contributed by atoms with E-state index in [1.165, 1.54) is 11.3 Å². The summed E-state index contributed by atoms with van der Waals surface area (Å²) in [6, 6.07) is 12.6. The van der Waals surface area contributed by atoms with E-state index in [4.69, 9.17) is 0 Å². The van der Waals surface area contributed by atoms with Crippen LogP contribution in [0.4, 0.5) is 0 Å². The summed E-state index contributed by atoms with van der Waals surface area (Å²) >= 11 is 1.82. The molecule has 1 aromatic heterocycles. The van der Waals surface area contributed by atoms with Gasteiger partial charge in [0.2, 0.25) is 0 Å². The van der Waals surface area contributed by atoms with Gasteiger partial charge in [-0.3, -0.25) is 4.79 Å².